The Kier molecular flexibility index (Phi) is 9.68. The van der Waals surface area contributed by atoms with Gasteiger partial charge in [0, 0.05) is 13.0 Å². The molecule has 0 bridgehead atoms. The molecule has 2 amide bonds. The van der Waals surface area contributed by atoms with Gasteiger partial charge < -0.3 is 30.0 Å². The number of hydrogen-bond acceptors (Lipinski definition) is 8. The highest BCUT2D eigenvalue weighted by molar-refractivity contribution is 5.98. The Morgan fingerprint density at radius 3 is 2.36 bits per heavy atom. The average Bonchev–Trinajstić information content (AvgIpc) is 3.71. The fourth-order valence-corrected chi connectivity index (χ4v) is 4.65. The van der Waals surface area contributed by atoms with Gasteiger partial charge in [-0.25, -0.2) is 0 Å². The number of aliphatic hydroxyl groups excluding tert-OH is 1. The van der Waals surface area contributed by atoms with Gasteiger partial charge in [0.2, 0.25) is 11.8 Å². The molecule has 2 saturated heterocycles. The summed E-state index contributed by atoms with van der Waals surface area (Å²) in [4.78, 5) is 41.9. The number of amides is 2. The van der Waals surface area contributed by atoms with Crippen LogP contribution in [0.3, 0.4) is 0 Å². The molecule has 0 spiro atoms. The quantitative estimate of drug-likeness (QED) is 0.314. The van der Waals surface area contributed by atoms with Gasteiger partial charge in [-0.05, 0) is 36.6 Å². The number of nitrogens with zero attached hydrogens (tertiary/aromatic N) is 1. The van der Waals surface area contributed by atoms with E-state index in [1.165, 1.54) is 0 Å². The van der Waals surface area contributed by atoms with Crippen LogP contribution in [-0.2, 0) is 36.7 Å². The van der Waals surface area contributed by atoms with Gasteiger partial charge in [-0.3, -0.25) is 19.3 Å². The lowest BCUT2D eigenvalue weighted by Gasteiger charge is -2.34. The molecule has 2 fully saturated rings. The van der Waals surface area contributed by atoms with Gasteiger partial charge >= 0.3 is 0 Å². The first kappa shape index (κ1) is 28.7. The van der Waals surface area contributed by atoms with Crippen molar-refractivity contribution < 1.29 is 33.7 Å². The standard InChI is InChI=1S/C29H37N3O7/c1-29(19-39-29)27(35)24(14-20-6-4-3-5-7-20)31-28(36)25(15-21-8-10-23(37-2)11-9-21)30-26(34)16-32-12-13-38-18-22(32)17-33/h3-11,22,24-25,33H,12-19H2,1-2H3,(H,30,34)(H,31,36)/t22-,24+,25+,29-/m1/s1. The van der Waals surface area contributed by atoms with E-state index in [2.05, 4.69) is 10.6 Å². The number of Topliss-reactive ketones (excluding diaryl/α,β-unsaturated/α-hetero) is 1. The average molecular weight is 540 g/mol. The van der Waals surface area contributed by atoms with Crippen LogP contribution in [0.15, 0.2) is 54.6 Å². The second kappa shape index (κ2) is 13.2. The summed E-state index contributed by atoms with van der Waals surface area (Å²) in [7, 11) is 1.57. The van der Waals surface area contributed by atoms with Gasteiger partial charge in [0.25, 0.3) is 0 Å². The number of benzene rings is 2. The molecule has 4 atom stereocenters. The molecule has 2 aliphatic rings. The lowest BCUT2D eigenvalue weighted by Crippen LogP contribution is -2.57. The van der Waals surface area contributed by atoms with Crippen molar-refractivity contribution in [1.82, 2.24) is 15.5 Å². The summed E-state index contributed by atoms with van der Waals surface area (Å²) in [6.07, 6.45) is 0.521. The van der Waals surface area contributed by atoms with Crippen molar-refractivity contribution >= 4 is 17.6 Å². The maximum absolute atomic E-state index is 13.7. The van der Waals surface area contributed by atoms with Gasteiger partial charge in [0.05, 0.1) is 52.2 Å². The molecule has 0 radical (unpaired) electrons. The highest BCUT2D eigenvalue weighted by atomic mass is 16.6. The Hall–Kier alpha value is -3.31. The minimum Gasteiger partial charge on any atom is -0.497 e. The number of morpholine rings is 1. The van der Waals surface area contributed by atoms with E-state index >= 15 is 0 Å². The number of ether oxygens (including phenoxy) is 3. The van der Waals surface area contributed by atoms with E-state index in [0.29, 0.717) is 38.5 Å². The fraction of sp³-hybridized carbons (Fsp3) is 0.483. The third-order valence-electron chi connectivity index (χ3n) is 7.17. The van der Waals surface area contributed by atoms with Crippen LogP contribution >= 0.6 is 0 Å². The first-order valence-electron chi connectivity index (χ1n) is 13.2. The number of aliphatic hydroxyl groups is 1. The van der Waals surface area contributed by atoms with Crippen LogP contribution in [0.4, 0.5) is 0 Å². The summed E-state index contributed by atoms with van der Waals surface area (Å²) in [6.45, 7) is 3.21. The van der Waals surface area contributed by atoms with Crippen molar-refractivity contribution in [1.29, 1.82) is 0 Å². The van der Waals surface area contributed by atoms with Crippen molar-refractivity contribution in [3.8, 4) is 5.75 Å². The number of carbonyl (C=O) groups is 3. The molecule has 2 aliphatic heterocycles. The fourth-order valence-electron chi connectivity index (χ4n) is 4.65. The molecule has 10 nitrogen and oxygen atoms in total. The molecule has 4 rings (SSSR count). The molecule has 2 aromatic rings. The van der Waals surface area contributed by atoms with Gasteiger partial charge in [0.15, 0.2) is 5.78 Å². The molecule has 2 aromatic carbocycles. The predicted octanol–water partition coefficient (Wildman–Crippen LogP) is 0.501. The minimum atomic E-state index is -0.932. The van der Waals surface area contributed by atoms with E-state index in [4.69, 9.17) is 14.2 Å². The van der Waals surface area contributed by atoms with Crippen LogP contribution in [-0.4, -0.2) is 98.0 Å². The number of hydrogen-bond donors (Lipinski definition) is 3. The number of methoxy groups -OCH3 is 1. The second-order valence-corrected chi connectivity index (χ2v) is 10.2. The van der Waals surface area contributed by atoms with Crippen LogP contribution in [0.25, 0.3) is 0 Å². The molecular formula is C29H37N3O7. The molecule has 0 aromatic heterocycles. The summed E-state index contributed by atoms with van der Waals surface area (Å²) in [5.41, 5.74) is 0.801. The number of carbonyl (C=O) groups excluding carboxylic acids is 3. The Bertz CT molecular complexity index is 1120. The van der Waals surface area contributed by atoms with Crippen molar-refractivity contribution in [3.05, 3.63) is 65.7 Å². The van der Waals surface area contributed by atoms with Gasteiger partial charge in [0.1, 0.15) is 17.4 Å². The first-order chi connectivity index (χ1) is 18.8. The molecule has 2 heterocycles. The van der Waals surface area contributed by atoms with Crippen LogP contribution in [0.1, 0.15) is 18.1 Å². The third-order valence-corrected chi connectivity index (χ3v) is 7.17. The van der Waals surface area contributed by atoms with Gasteiger partial charge in [-0.2, -0.15) is 0 Å². The van der Waals surface area contributed by atoms with Crippen LogP contribution in [0, 0.1) is 0 Å². The van der Waals surface area contributed by atoms with E-state index in [1.54, 1.807) is 26.2 Å². The van der Waals surface area contributed by atoms with E-state index < -0.39 is 23.6 Å². The number of rotatable bonds is 13. The minimum absolute atomic E-state index is 0.0132. The Balaban J connectivity index is 1.50. The van der Waals surface area contributed by atoms with E-state index in [0.717, 1.165) is 11.1 Å². The predicted molar refractivity (Wildman–Crippen MR) is 143 cm³/mol. The summed E-state index contributed by atoms with van der Waals surface area (Å²) in [6, 6.07) is 14.7. The highest BCUT2D eigenvalue weighted by Crippen LogP contribution is 2.29. The first-order valence-corrected chi connectivity index (χ1v) is 13.2. The summed E-state index contributed by atoms with van der Waals surface area (Å²) >= 11 is 0. The molecule has 0 saturated carbocycles. The summed E-state index contributed by atoms with van der Waals surface area (Å²) < 4.78 is 16.0. The normalized spacial score (nSPS) is 22.4. The maximum Gasteiger partial charge on any atom is 0.243 e. The zero-order valence-electron chi connectivity index (χ0n) is 22.4. The molecular weight excluding hydrogens is 502 g/mol. The monoisotopic (exact) mass is 539 g/mol. The molecule has 10 heteroatoms. The van der Waals surface area contributed by atoms with Crippen LogP contribution in [0.5, 0.6) is 5.75 Å². The molecule has 0 unspecified atom stereocenters. The van der Waals surface area contributed by atoms with Crippen LogP contribution in [0.2, 0.25) is 0 Å². The van der Waals surface area contributed by atoms with Crippen molar-refractivity contribution in [2.24, 2.45) is 0 Å². The molecule has 3 N–H and O–H groups in total. The number of nitrogens with one attached hydrogen (secondary N) is 2. The topological polar surface area (TPSA) is 130 Å². The van der Waals surface area contributed by atoms with Crippen molar-refractivity contribution in [2.45, 2.75) is 43.5 Å². The summed E-state index contributed by atoms with van der Waals surface area (Å²) in [5.74, 6) is -0.337. The van der Waals surface area contributed by atoms with Gasteiger partial charge in [-0.1, -0.05) is 42.5 Å². The zero-order valence-corrected chi connectivity index (χ0v) is 22.4. The largest absolute Gasteiger partial charge is 0.497 e. The smallest absolute Gasteiger partial charge is 0.243 e. The lowest BCUT2D eigenvalue weighted by atomic mass is 9.94. The Morgan fingerprint density at radius 1 is 1.05 bits per heavy atom. The van der Waals surface area contributed by atoms with Crippen molar-refractivity contribution in [2.75, 3.05) is 46.6 Å². The highest BCUT2D eigenvalue weighted by Gasteiger charge is 2.50. The Labute approximate surface area is 228 Å². The van der Waals surface area contributed by atoms with Crippen molar-refractivity contribution in [3.63, 3.8) is 0 Å². The number of epoxide rings is 1. The zero-order chi connectivity index (χ0) is 27.8. The van der Waals surface area contributed by atoms with E-state index in [1.807, 2.05) is 47.4 Å². The second-order valence-electron chi connectivity index (χ2n) is 10.2. The van der Waals surface area contributed by atoms with Crippen LogP contribution < -0.4 is 15.4 Å². The number of ketones is 1. The Morgan fingerprint density at radius 2 is 1.72 bits per heavy atom. The van der Waals surface area contributed by atoms with Gasteiger partial charge in [-0.15, -0.1) is 0 Å². The SMILES string of the molecule is COc1ccc(C[C@H](NC(=O)CN2CCOC[C@H]2CO)C(=O)N[C@@H](Cc2ccccc2)C(=O)[C@@]2(C)CO2)cc1. The summed E-state index contributed by atoms with van der Waals surface area (Å²) in [5, 5.41) is 15.4. The lowest BCUT2D eigenvalue weighted by molar-refractivity contribution is -0.133. The molecule has 210 valence electrons. The third kappa shape index (κ3) is 7.86. The van der Waals surface area contributed by atoms with E-state index in [-0.39, 0.29) is 37.3 Å². The maximum atomic E-state index is 13.7. The molecule has 0 aliphatic carbocycles. The molecule has 39 heavy (non-hydrogen) atoms. The van der Waals surface area contributed by atoms with E-state index in [9.17, 15) is 19.5 Å².